The quantitative estimate of drug-likeness (QED) is 0.692. The van der Waals surface area contributed by atoms with E-state index in [0.29, 0.717) is 24.5 Å². The predicted molar refractivity (Wildman–Crippen MR) is 118 cm³/mol. The summed E-state index contributed by atoms with van der Waals surface area (Å²) in [5.41, 5.74) is 3.34. The zero-order valence-corrected chi connectivity index (χ0v) is 16.5. The van der Waals surface area contributed by atoms with Gasteiger partial charge in [0.1, 0.15) is 11.4 Å². The Morgan fingerprint density at radius 2 is 1.87 bits per heavy atom. The lowest BCUT2D eigenvalue weighted by Crippen LogP contribution is -2.32. The van der Waals surface area contributed by atoms with E-state index in [9.17, 15) is 9.59 Å². The van der Waals surface area contributed by atoms with E-state index in [1.165, 1.54) is 0 Å². The topological polar surface area (TPSA) is 62.4 Å². The Hall–Kier alpha value is -3.86. The molecular formula is C25H20N2O3. The van der Waals surface area contributed by atoms with Gasteiger partial charge in [-0.05, 0) is 22.9 Å². The van der Waals surface area contributed by atoms with Crippen molar-refractivity contribution in [3.05, 3.63) is 82.4 Å². The second-order valence-electron chi connectivity index (χ2n) is 7.54. The standard InChI is InChI=1S/C25H20N2O3/c1-16-14-27(25(29)21-12-17-8-6-7-11-20(17)26-21)22-13-23(30-15-28)18-9-4-2-3-5-10-19(18)24(16)22/h2-13,15-16,26H,14H2,1H3/b3-2?,4-2-,5-3-,9-4?,10-5?,18-9+,19-10+. The van der Waals surface area contributed by atoms with Crippen molar-refractivity contribution in [1.82, 2.24) is 4.98 Å². The summed E-state index contributed by atoms with van der Waals surface area (Å²) in [5.74, 6) is 0.492. The fourth-order valence-corrected chi connectivity index (χ4v) is 4.36. The Morgan fingerprint density at radius 1 is 1.10 bits per heavy atom. The van der Waals surface area contributed by atoms with Crippen LogP contribution in [0.2, 0.25) is 0 Å². The lowest BCUT2D eigenvalue weighted by Gasteiger charge is -2.17. The summed E-state index contributed by atoms with van der Waals surface area (Å²) < 4.78 is 5.31. The molecule has 0 saturated heterocycles. The molecule has 1 aliphatic carbocycles. The van der Waals surface area contributed by atoms with Gasteiger partial charge in [-0.15, -0.1) is 0 Å². The summed E-state index contributed by atoms with van der Waals surface area (Å²) in [5, 5.41) is 2.81. The number of carbonyl (C=O) groups is 2. The molecular weight excluding hydrogens is 376 g/mol. The molecule has 0 bridgehead atoms. The summed E-state index contributed by atoms with van der Waals surface area (Å²) in [6.07, 6.45) is 11.7. The molecule has 1 unspecified atom stereocenters. The van der Waals surface area contributed by atoms with Gasteiger partial charge in [0.2, 0.25) is 0 Å². The third-order valence-electron chi connectivity index (χ3n) is 5.67. The SMILES string of the molecule is CC1CN(C(=O)c2cc3ccccc3[nH]2)c2cc(OC=O)c3/c(c21)=C\C=C/C=C\C=3. The van der Waals surface area contributed by atoms with E-state index in [2.05, 4.69) is 11.9 Å². The van der Waals surface area contributed by atoms with Crippen molar-refractivity contribution in [2.75, 3.05) is 11.4 Å². The number of aromatic amines is 1. The van der Waals surface area contributed by atoms with Crippen molar-refractivity contribution in [3.63, 3.8) is 0 Å². The summed E-state index contributed by atoms with van der Waals surface area (Å²) in [6.45, 7) is 3.11. The highest BCUT2D eigenvalue weighted by molar-refractivity contribution is 6.09. The van der Waals surface area contributed by atoms with Gasteiger partial charge in [0.15, 0.2) is 0 Å². The molecule has 30 heavy (non-hydrogen) atoms. The second-order valence-corrected chi connectivity index (χ2v) is 7.54. The first-order valence-electron chi connectivity index (χ1n) is 9.89. The van der Waals surface area contributed by atoms with Crippen LogP contribution in [0.1, 0.15) is 28.9 Å². The number of ether oxygens (including phenoxy) is 1. The van der Waals surface area contributed by atoms with Gasteiger partial charge in [-0.1, -0.05) is 61.6 Å². The molecule has 5 nitrogen and oxygen atoms in total. The van der Waals surface area contributed by atoms with Crippen molar-refractivity contribution in [1.29, 1.82) is 0 Å². The molecule has 1 N–H and O–H groups in total. The minimum atomic E-state index is -0.0981. The van der Waals surface area contributed by atoms with Crippen LogP contribution >= 0.6 is 0 Å². The molecule has 2 aliphatic rings. The normalized spacial score (nSPS) is 21.2. The monoisotopic (exact) mass is 396 g/mol. The van der Waals surface area contributed by atoms with Crippen LogP contribution < -0.4 is 20.1 Å². The molecule has 1 aromatic heterocycles. The lowest BCUT2D eigenvalue weighted by molar-refractivity contribution is -0.120. The highest BCUT2D eigenvalue weighted by Gasteiger charge is 2.33. The maximum Gasteiger partial charge on any atom is 0.298 e. The number of H-pyrrole nitrogens is 1. The average Bonchev–Trinajstić information content (AvgIpc) is 3.29. The number of allylic oxidation sites excluding steroid dienone is 4. The number of fused-ring (bicyclic) bond motifs is 4. The van der Waals surface area contributed by atoms with E-state index in [1.807, 2.05) is 66.8 Å². The van der Waals surface area contributed by atoms with E-state index < -0.39 is 0 Å². The van der Waals surface area contributed by atoms with Gasteiger partial charge in [0.25, 0.3) is 12.4 Å². The van der Waals surface area contributed by atoms with Gasteiger partial charge >= 0.3 is 0 Å². The van der Waals surface area contributed by atoms with Crippen molar-refractivity contribution in [3.8, 4) is 5.75 Å². The number of rotatable bonds is 3. The predicted octanol–water partition coefficient (Wildman–Crippen LogP) is 3.15. The Bertz CT molecular complexity index is 1330. The molecule has 1 amide bonds. The number of nitrogens with one attached hydrogen (secondary N) is 1. The molecule has 5 heteroatoms. The number of para-hydroxylation sites is 1. The van der Waals surface area contributed by atoms with Crippen molar-refractivity contribution in [2.24, 2.45) is 0 Å². The summed E-state index contributed by atoms with van der Waals surface area (Å²) >= 11 is 0. The van der Waals surface area contributed by atoms with Crippen LogP contribution in [0.4, 0.5) is 5.69 Å². The third kappa shape index (κ3) is 2.87. The number of anilines is 1. The Morgan fingerprint density at radius 3 is 2.63 bits per heavy atom. The van der Waals surface area contributed by atoms with Crippen molar-refractivity contribution >= 4 is 41.1 Å². The van der Waals surface area contributed by atoms with Crippen molar-refractivity contribution in [2.45, 2.75) is 12.8 Å². The molecule has 0 fully saturated rings. The van der Waals surface area contributed by atoms with E-state index >= 15 is 0 Å². The minimum absolute atomic E-state index is 0.0981. The number of benzene rings is 2. The van der Waals surface area contributed by atoms with E-state index in [0.717, 1.165) is 32.6 Å². The fraction of sp³-hybridized carbons (Fsp3) is 0.120. The number of amides is 1. The first-order chi connectivity index (χ1) is 14.7. The van der Waals surface area contributed by atoms with Crippen LogP contribution in [0.15, 0.2) is 60.7 Å². The maximum absolute atomic E-state index is 13.4. The lowest BCUT2D eigenvalue weighted by atomic mass is 9.97. The van der Waals surface area contributed by atoms with Gasteiger partial charge in [0, 0.05) is 34.7 Å². The summed E-state index contributed by atoms with van der Waals surface area (Å²) in [7, 11) is 0. The molecule has 2 heterocycles. The number of hydrogen-bond donors (Lipinski definition) is 1. The van der Waals surface area contributed by atoms with Crippen LogP contribution in [0.3, 0.4) is 0 Å². The van der Waals surface area contributed by atoms with Gasteiger partial charge in [-0.25, -0.2) is 0 Å². The highest BCUT2D eigenvalue weighted by atomic mass is 16.5. The van der Waals surface area contributed by atoms with Gasteiger partial charge in [0.05, 0.1) is 5.69 Å². The molecule has 0 radical (unpaired) electrons. The number of hydrogen-bond acceptors (Lipinski definition) is 3. The first-order valence-corrected chi connectivity index (χ1v) is 9.89. The largest absolute Gasteiger partial charge is 0.428 e. The molecule has 1 aliphatic heterocycles. The minimum Gasteiger partial charge on any atom is -0.428 e. The molecule has 0 spiro atoms. The molecule has 3 aromatic rings. The van der Waals surface area contributed by atoms with Crippen LogP contribution in [-0.4, -0.2) is 23.9 Å². The van der Waals surface area contributed by atoms with Crippen LogP contribution in [0.5, 0.6) is 5.75 Å². The van der Waals surface area contributed by atoms with Crippen LogP contribution in [0, 0.1) is 0 Å². The molecule has 148 valence electrons. The molecule has 1 atom stereocenters. The Balaban J connectivity index is 1.69. The van der Waals surface area contributed by atoms with E-state index in [4.69, 9.17) is 4.74 Å². The van der Waals surface area contributed by atoms with Gasteiger partial charge in [-0.2, -0.15) is 0 Å². The van der Waals surface area contributed by atoms with Crippen LogP contribution in [-0.2, 0) is 4.79 Å². The average molecular weight is 396 g/mol. The Kier molecular flexibility index (Phi) is 4.36. The van der Waals surface area contributed by atoms with Crippen molar-refractivity contribution < 1.29 is 14.3 Å². The Labute approximate surface area is 173 Å². The maximum atomic E-state index is 13.4. The zero-order chi connectivity index (χ0) is 20.7. The summed E-state index contributed by atoms with van der Waals surface area (Å²) in [4.78, 5) is 29.6. The van der Waals surface area contributed by atoms with E-state index in [-0.39, 0.29) is 11.8 Å². The van der Waals surface area contributed by atoms with Gasteiger partial charge in [-0.3, -0.25) is 9.59 Å². The van der Waals surface area contributed by atoms with Crippen LogP contribution in [0.25, 0.3) is 23.1 Å². The highest BCUT2D eigenvalue weighted by Crippen LogP contribution is 2.36. The number of carbonyl (C=O) groups excluding carboxylic acids is 2. The van der Waals surface area contributed by atoms with Gasteiger partial charge < -0.3 is 14.6 Å². The summed E-state index contributed by atoms with van der Waals surface area (Å²) in [6, 6.07) is 11.5. The first kappa shape index (κ1) is 18.2. The third-order valence-corrected chi connectivity index (χ3v) is 5.67. The smallest absolute Gasteiger partial charge is 0.298 e. The second kappa shape index (κ2) is 7.19. The molecule has 5 rings (SSSR count). The molecule has 2 aromatic carbocycles. The zero-order valence-electron chi connectivity index (χ0n) is 16.5. The fourth-order valence-electron chi connectivity index (χ4n) is 4.36. The van der Waals surface area contributed by atoms with E-state index in [1.54, 1.807) is 11.0 Å². The number of aromatic nitrogens is 1. The number of nitrogens with zero attached hydrogens (tertiary/aromatic N) is 1. The molecule has 0 saturated carbocycles.